The first-order valence-electron chi connectivity index (χ1n) is 12.5. The quantitative estimate of drug-likeness (QED) is 0.176. The molecule has 0 saturated carbocycles. The van der Waals surface area contributed by atoms with Crippen molar-refractivity contribution in [3.05, 3.63) is 93.0 Å². The molecule has 0 aromatic heterocycles. The van der Waals surface area contributed by atoms with Crippen molar-refractivity contribution < 1.29 is 67.0 Å². The number of hydrogen-bond donors (Lipinski definition) is 1. The molecular weight excluding hydrogens is 720 g/mol. The minimum Gasteiger partial charge on any atom is -0.385 e. The van der Waals surface area contributed by atoms with Gasteiger partial charge in [-0.2, -0.15) is 39.5 Å². The number of hydrogen-bond acceptors (Lipinski definition) is 3. The number of halogens is 13. The van der Waals surface area contributed by atoms with Gasteiger partial charge in [0, 0.05) is 35.9 Å². The molecule has 0 radical (unpaired) electrons. The topological polar surface area (TPSA) is 58.6 Å². The fourth-order valence-electron chi connectivity index (χ4n) is 4.18. The number of nitrogens with one attached hydrogen (secondary N) is 1. The first-order valence-corrected chi connectivity index (χ1v) is 13.3. The number of amides is 2. The van der Waals surface area contributed by atoms with Crippen molar-refractivity contribution in [2.75, 3.05) is 30.5 Å². The number of nitrogens with zero attached hydrogens (tertiary/aromatic N) is 1. The Morgan fingerprint density at radius 1 is 0.870 bits per heavy atom. The molecule has 3 rings (SSSR count). The molecule has 18 heteroatoms. The van der Waals surface area contributed by atoms with Crippen LogP contribution in [-0.2, 0) is 16.6 Å². The van der Waals surface area contributed by atoms with Gasteiger partial charge in [0.1, 0.15) is 5.82 Å². The van der Waals surface area contributed by atoms with Crippen molar-refractivity contribution >= 4 is 39.1 Å². The van der Waals surface area contributed by atoms with Gasteiger partial charge >= 0.3 is 24.2 Å². The SMILES string of the molecule is COCCCN(C(=O)c1ccc(F)cc1)c1cccc(C(=O)Nc2c(Br)cc(C(F)(C(F)(F)F)C(F)(F)F)cc2C(F)(F)F)c1F. The zero-order valence-corrected chi connectivity index (χ0v) is 24.5. The van der Waals surface area contributed by atoms with Crippen LogP contribution in [0.25, 0.3) is 0 Å². The highest BCUT2D eigenvalue weighted by Gasteiger charge is 2.73. The van der Waals surface area contributed by atoms with Gasteiger partial charge in [0.15, 0.2) is 5.82 Å². The third-order valence-corrected chi connectivity index (χ3v) is 7.02. The summed E-state index contributed by atoms with van der Waals surface area (Å²) < 4.78 is 169. The van der Waals surface area contributed by atoms with Gasteiger partial charge in [-0.15, -0.1) is 0 Å². The van der Waals surface area contributed by atoms with Crippen LogP contribution in [0.2, 0.25) is 0 Å². The van der Waals surface area contributed by atoms with E-state index in [1.54, 1.807) is 5.32 Å². The molecule has 0 unspecified atom stereocenters. The standard InChI is InChI=1S/C28H19BrF12N2O3/c1-46-11-3-10-43(24(45)14-6-8-16(30)9-7-14)20-5-2-4-17(21(20)31)23(44)42-22-18(26(33,34)35)12-15(13-19(22)29)25(32,27(36,37)38)28(39,40)41/h2,4-9,12-13H,3,10-11H2,1H3,(H,42,44). The molecule has 0 fully saturated rings. The summed E-state index contributed by atoms with van der Waals surface area (Å²) in [6.07, 6.45) is -19.1. The van der Waals surface area contributed by atoms with Gasteiger partial charge in [0.2, 0.25) is 0 Å². The summed E-state index contributed by atoms with van der Waals surface area (Å²) in [7, 11) is 1.33. The Morgan fingerprint density at radius 2 is 1.46 bits per heavy atom. The largest absolute Gasteiger partial charge is 0.435 e. The number of carbonyl (C=O) groups is 2. The van der Waals surface area contributed by atoms with Crippen LogP contribution in [0.4, 0.5) is 64.1 Å². The second kappa shape index (κ2) is 13.5. The number of anilines is 2. The Hall–Kier alpha value is -3.80. The van der Waals surface area contributed by atoms with Gasteiger partial charge in [-0.05, 0) is 70.9 Å². The van der Waals surface area contributed by atoms with Crippen molar-refractivity contribution in [3.8, 4) is 0 Å². The van der Waals surface area contributed by atoms with E-state index in [0.717, 1.165) is 47.4 Å². The van der Waals surface area contributed by atoms with E-state index >= 15 is 4.39 Å². The predicted molar refractivity (Wildman–Crippen MR) is 143 cm³/mol. The number of alkyl halides is 10. The van der Waals surface area contributed by atoms with Gasteiger partial charge in [0.25, 0.3) is 11.8 Å². The van der Waals surface area contributed by atoms with Crippen molar-refractivity contribution in [2.45, 2.75) is 30.6 Å². The maximum absolute atomic E-state index is 15.8. The second-order valence-electron chi connectivity index (χ2n) is 9.44. The molecule has 0 aliphatic heterocycles. The van der Waals surface area contributed by atoms with Crippen LogP contribution in [0.15, 0.2) is 59.1 Å². The summed E-state index contributed by atoms with van der Waals surface area (Å²) in [6, 6.07) is 5.85. The average molecular weight is 739 g/mol. The van der Waals surface area contributed by atoms with Crippen LogP contribution >= 0.6 is 15.9 Å². The molecule has 1 N–H and O–H groups in total. The lowest BCUT2D eigenvalue weighted by atomic mass is 9.92. The fourth-order valence-corrected chi connectivity index (χ4v) is 4.73. The smallest absolute Gasteiger partial charge is 0.385 e. The first kappa shape index (κ1) is 36.7. The zero-order valence-electron chi connectivity index (χ0n) is 22.9. The molecule has 3 aromatic rings. The molecular formula is C28H19BrF12N2O3. The maximum atomic E-state index is 15.8. The third-order valence-electron chi connectivity index (χ3n) is 6.39. The normalized spacial score (nSPS) is 12.7. The highest BCUT2D eigenvalue weighted by atomic mass is 79.9. The van der Waals surface area contributed by atoms with Crippen molar-refractivity contribution in [3.63, 3.8) is 0 Å². The molecule has 0 bridgehead atoms. The highest BCUT2D eigenvalue weighted by molar-refractivity contribution is 9.10. The minimum atomic E-state index is -6.75. The average Bonchev–Trinajstić information content (AvgIpc) is 2.94. The van der Waals surface area contributed by atoms with Gasteiger partial charge in [-0.25, -0.2) is 13.2 Å². The molecule has 0 saturated heterocycles. The fraction of sp³-hybridized carbons (Fsp3) is 0.286. The molecule has 0 atom stereocenters. The predicted octanol–water partition coefficient (Wildman–Crippen LogP) is 8.97. The van der Waals surface area contributed by atoms with E-state index in [-0.39, 0.29) is 31.2 Å². The molecule has 0 aliphatic carbocycles. The van der Waals surface area contributed by atoms with Gasteiger partial charge in [0.05, 0.1) is 22.5 Å². The lowest BCUT2D eigenvalue weighted by Gasteiger charge is -2.31. The van der Waals surface area contributed by atoms with Crippen molar-refractivity contribution in [1.29, 1.82) is 0 Å². The molecule has 0 spiro atoms. The summed E-state index contributed by atoms with van der Waals surface area (Å²) in [5.41, 5.74) is -14.2. The van der Waals surface area contributed by atoms with Gasteiger partial charge in [-0.1, -0.05) is 6.07 Å². The Balaban J connectivity index is 2.11. The third kappa shape index (κ3) is 7.43. The molecule has 5 nitrogen and oxygen atoms in total. The molecule has 250 valence electrons. The van der Waals surface area contributed by atoms with Crippen molar-refractivity contribution in [2.24, 2.45) is 0 Å². The van der Waals surface area contributed by atoms with E-state index in [0.29, 0.717) is 0 Å². The van der Waals surface area contributed by atoms with Crippen LogP contribution < -0.4 is 10.2 Å². The number of benzene rings is 3. The number of ether oxygens (including phenoxy) is 1. The molecule has 0 aliphatic rings. The van der Waals surface area contributed by atoms with E-state index in [2.05, 4.69) is 15.9 Å². The van der Waals surface area contributed by atoms with Crippen LogP contribution in [-0.4, -0.2) is 44.4 Å². The van der Waals surface area contributed by atoms with Gasteiger partial charge < -0.3 is 15.0 Å². The van der Waals surface area contributed by atoms with Crippen LogP contribution in [0.1, 0.15) is 38.3 Å². The summed E-state index contributed by atoms with van der Waals surface area (Å²) >= 11 is 2.36. The number of methoxy groups -OCH3 is 1. The number of rotatable bonds is 9. The summed E-state index contributed by atoms with van der Waals surface area (Å²) in [5.74, 6) is -4.72. The Kier molecular flexibility index (Phi) is 10.8. The van der Waals surface area contributed by atoms with E-state index in [4.69, 9.17) is 4.74 Å². The van der Waals surface area contributed by atoms with Crippen LogP contribution in [0.5, 0.6) is 0 Å². The Labute approximate surface area is 260 Å². The first-order chi connectivity index (χ1) is 21.1. The lowest BCUT2D eigenvalue weighted by molar-refractivity contribution is -0.348. The summed E-state index contributed by atoms with van der Waals surface area (Å²) in [5, 5.41) is 1.59. The van der Waals surface area contributed by atoms with Gasteiger partial charge in [-0.3, -0.25) is 9.59 Å². The second-order valence-corrected chi connectivity index (χ2v) is 10.3. The molecule has 3 aromatic carbocycles. The Morgan fingerprint density at radius 3 is 1.98 bits per heavy atom. The highest BCUT2D eigenvalue weighted by Crippen LogP contribution is 2.55. The van der Waals surface area contributed by atoms with Crippen LogP contribution in [0, 0.1) is 11.6 Å². The van der Waals surface area contributed by atoms with Crippen LogP contribution in [0.3, 0.4) is 0 Å². The maximum Gasteiger partial charge on any atom is 0.435 e. The van der Waals surface area contributed by atoms with E-state index in [9.17, 15) is 57.9 Å². The summed E-state index contributed by atoms with van der Waals surface area (Å²) in [4.78, 5) is 27.1. The minimum absolute atomic E-state index is 0.0715. The molecule has 0 heterocycles. The monoisotopic (exact) mass is 738 g/mol. The van der Waals surface area contributed by atoms with Crippen molar-refractivity contribution in [1.82, 2.24) is 0 Å². The van der Waals surface area contributed by atoms with E-state index < -0.39 is 86.3 Å². The Bertz CT molecular complexity index is 1570. The number of carbonyl (C=O) groups excluding carboxylic acids is 2. The zero-order chi connectivity index (χ0) is 34.8. The van der Waals surface area contributed by atoms with E-state index in [1.807, 2.05) is 0 Å². The summed E-state index contributed by atoms with van der Waals surface area (Å²) in [6.45, 7) is -0.164. The molecule has 2 amide bonds. The molecule has 46 heavy (non-hydrogen) atoms. The van der Waals surface area contributed by atoms with E-state index in [1.165, 1.54) is 7.11 Å². The lowest BCUT2D eigenvalue weighted by Crippen LogP contribution is -2.50.